The number of H-pyrrole nitrogens is 1. The summed E-state index contributed by atoms with van der Waals surface area (Å²) in [5, 5.41) is 0. The van der Waals surface area contributed by atoms with E-state index in [1.165, 1.54) is 0 Å². The van der Waals surface area contributed by atoms with Crippen molar-refractivity contribution < 1.29 is 17.6 Å². The second-order valence-corrected chi connectivity index (χ2v) is 2.73. The Bertz CT molecular complexity index is 608. The molecule has 0 atom stereocenters. The van der Waals surface area contributed by atoms with Gasteiger partial charge in [-0.25, -0.2) is 22.5 Å². The quantitative estimate of drug-likeness (QED) is 0.413. The summed E-state index contributed by atoms with van der Waals surface area (Å²) in [6, 6.07) is 0. The van der Waals surface area contributed by atoms with E-state index in [1.54, 1.807) is 0 Å². The number of fused-ring (bicyclic) bond motifs is 1. The van der Waals surface area contributed by atoms with E-state index in [9.17, 15) is 22.4 Å². The maximum Gasteiger partial charge on any atom is 0.266 e. The lowest BCUT2D eigenvalue weighted by Gasteiger charge is -2.02. The van der Waals surface area contributed by atoms with Crippen molar-refractivity contribution in [1.82, 2.24) is 9.97 Å². The summed E-state index contributed by atoms with van der Waals surface area (Å²) in [7, 11) is 0. The van der Waals surface area contributed by atoms with Gasteiger partial charge in [0.15, 0.2) is 23.3 Å². The third-order valence-electron chi connectivity index (χ3n) is 1.80. The van der Waals surface area contributed by atoms with Gasteiger partial charge in [-0.05, 0) is 0 Å². The van der Waals surface area contributed by atoms with E-state index in [4.69, 9.17) is 0 Å². The molecule has 0 amide bonds. The highest BCUT2D eigenvalue weighted by atomic mass is 19.2. The molecule has 7 heteroatoms. The molecule has 1 N–H and O–H groups in total. The zero-order valence-electron chi connectivity index (χ0n) is 6.94. The third kappa shape index (κ3) is 1.27. The van der Waals surface area contributed by atoms with Crippen molar-refractivity contribution in [3.05, 3.63) is 39.8 Å². The van der Waals surface area contributed by atoms with Gasteiger partial charge in [0, 0.05) is 0 Å². The molecule has 0 radical (unpaired) electrons. The molecule has 3 nitrogen and oxygen atoms in total. The second-order valence-electron chi connectivity index (χ2n) is 2.73. The largest absolute Gasteiger partial charge is 0.317 e. The van der Waals surface area contributed by atoms with Crippen molar-refractivity contribution in [1.29, 1.82) is 0 Å². The predicted octanol–water partition coefficient (Wildman–Crippen LogP) is 1.48. The summed E-state index contributed by atoms with van der Waals surface area (Å²) < 4.78 is 51.4. The average Bonchev–Trinajstić information content (AvgIpc) is 2.23. The van der Waals surface area contributed by atoms with Crippen LogP contribution in [0.3, 0.4) is 0 Å². The summed E-state index contributed by atoms with van der Waals surface area (Å²) >= 11 is 0. The molecular formula is C8H2F4N2O. The highest BCUT2D eigenvalue weighted by Gasteiger charge is 2.21. The molecule has 0 fully saturated rings. The first-order valence-electron chi connectivity index (χ1n) is 3.73. The fourth-order valence-corrected chi connectivity index (χ4v) is 1.13. The Morgan fingerprint density at radius 2 is 1.60 bits per heavy atom. The molecule has 1 heterocycles. The number of aromatic amines is 1. The third-order valence-corrected chi connectivity index (χ3v) is 1.80. The van der Waals surface area contributed by atoms with E-state index in [-0.39, 0.29) is 0 Å². The smallest absolute Gasteiger partial charge is 0.266 e. The van der Waals surface area contributed by atoms with Crippen LogP contribution in [0.25, 0.3) is 11.0 Å². The van der Waals surface area contributed by atoms with Gasteiger partial charge in [-0.2, -0.15) is 0 Å². The lowest BCUT2D eigenvalue weighted by atomic mass is 10.2. The molecule has 2 aromatic rings. The SMILES string of the molecule is O=c1cnc2c(F)c(F)c(F)c(F)c2[nH]1. The van der Waals surface area contributed by atoms with Gasteiger partial charge in [0.1, 0.15) is 11.0 Å². The van der Waals surface area contributed by atoms with Crippen LogP contribution in [0.15, 0.2) is 11.0 Å². The minimum absolute atomic E-state index is 0.641. The fraction of sp³-hybridized carbons (Fsp3) is 0. The van der Waals surface area contributed by atoms with Gasteiger partial charge >= 0.3 is 0 Å². The molecule has 1 aromatic heterocycles. The molecule has 0 spiro atoms. The number of hydrogen-bond donors (Lipinski definition) is 1. The van der Waals surface area contributed by atoms with Crippen molar-refractivity contribution >= 4 is 11.0 Å². The summed E-state index contributed by atoms with van der Waals surface area (Å²) in [5.41, 5.74) is -2.39. The predicted molar refractivity (Wildman–Crippen MR) is 42.2 cm³/mol. The molecule has 1 aromatic carbocycles. The Labute approximate surface area is 79.4 Å². The summed E-state index contributed by atoms with van der Waals surface area (Å²) in [6.45, 7) is 0. The van der Waals surface area contributed by atoms with E-state index in [1.807, 2.05) is 4.98 Å². The number of rotatable bonds is 0. The van der Waals surface area contributed by atoms with Crippen LogP contribution in [-0.2, 0) is 0 Å². The summed E-state index contributed by atoms with van der Waals surface area (Å²) in [4.78, 5) is 15.7. The van der Waals surface area contributed by atoms with Gasteiger partial charge in [-0.3, -0.25) is 4.79 Å². The topological polar surface area (TPSA) is 45.8 Å². The molecule has 0 saturated heterocycles. The number of aromatic nitrogens is 2. The van der Waals surface area contributed by atoms with Crippen molar-refractivity contribution in [2.75, 3.05) is 0 Å². The van der Waals surface area contributed by atoms with Crippen LogP contribution in [0.5, 0.6) is 0 Å². The van der Waals surface area contributed by atoms with E-state index >= 15 is 0 Å². The first-order chi connectivity index (χ1) is 7.02. The molecular weight excluding hydrogens is 216 g/mol. The van der Waals surface area contributed by atoms with Crippen LogP contribution >= 0.6 is 0 Å². The van der Waals surface area contributed by atoms with Gasteiger partial charge < -0.3 is 4.98 Å². The van der Waals surface area contributed by atoms with Crippen LogP contribution in [0.4, 0.5) is 17.6 Å². The highest BCUT2D eigenvalue weighted by molar-refractivity contribution is 5.75. The Kier molecular flexibility index (Phi) is 1.95. The van der Waals surface area contributed by atoms with Gasteiger partial charge in [0.2, 0.25) is 0 Å². The maximum atomic E-state index is 13.0. The first-order valence-corrected chi connectivity index (χ1v) is 3.73. The normalized spacial score (nSPS) is 10.9. The number of hydrogen-bond acceptors (Lipinski definition) is 2. The van der Waals surface area contributed by atoms with Gasteiger partial charge in [0.05, 0.1) is 6.20 Å². The van der Waals surface area contributed by atoms with Crippen LogP contribution in [-0.4, -0.2) is 9.97 Å². The van der Waals surface area contributed by atoms with E-state index in [0.717, 1.165) is 0 Å². The Morgan fingerprint density at radius 1 is 1.00 bits per heavy atom. The first kappa shape index (κ1) is 9.63. The Hall–Kier alpha value is -1.92. The summed E-state index contributed by atoms with van der Waals surface area (Å²) in [5.74, 6) is -7.25. The fourth-order valence-electron chi connectivity index (χ4n) is 1.13. The monoisotopic (exact) mass is 218 g/mol. The van der Waals surface area contributed by atoms with Crippen molar-refractivity contribution in [2.45, 2.75) is 0 Å². The number of halogens is 4. The van der Waals surface area contributed by atoms with Crippen LogP contribution < -0.4 is 5.56 Å². The van der Waals surface area contributed by atoms with Crippen LogP contribution in [0.2, 0.25) is 0 Å². The molecule has 78 valence electrons. The number of nitrogens with zero attached hydrogens (tertiary/aromatic N) is 1. The molecule has 0 aliphatic rings. The molecule has 0 saturated carbocycles. The molecule has 0 aliphatic carbocycles. The van der Waals surface area contributed by atoms with Crippen molar-refractivity contribution in [3.63, 3.8) is 0 Å². The van der Waals surface area contributed by atoms with Crippen molar-refractivity contribution in [2.24, 2.45) is 0 Å². The minimum Gasteiger partial charge on any atom is -0.317 e. The zero-order chi connectivity index (χ0) is 11.2. The van der Waals surface area contributed by atoms with Gasteiger partial charge in [-0.15, -0.1) is 0 Å². The highest BCUT2D eigenvalue weighted by Crippen LogP contribution is 2.22. The average molecular weight is 218 g/mol. The maximum absolute atomic E-state index is 13.0. The van der Waals surface area contributed by atoms with E-state index in [2.05, 4.69) is 4.98 Å². The Morgan fingerprint density at radius 3 is 2.27 bits per heavy atom. The minimum atomic E-state index is -1.98. The lowest BCUT2D eigenvalue weighted by Crippen LogP contribution is -2.09. The molecule has 0 unspecified atom stereocenters. The molecule has 2 rings (SSSR count). The Balaban J connectivity index is 3.07. The zero-order valence-corrected chi connectivity index (χ0v) is 6.94. The second kappa shape index (κ2) is 3.04. The van der Waals surface area contributed by atoms with Gasteiger partial charge in [-0.1, -0.05) is 0 Å². The summed E-state index contributed by atoms with van der Waals surface area (Å²) in [6.07, 6.45) is 0.641. The number of benzene rings is 1. The van der Waals surface area contributed by atoms with Crippen LogP contribution in [0, 0.1) is 23.3 Å². The number of nitrogens with one attached hydrogen (secondary N) is 1. The van der Waals surface area contributed by atoms with Crippen LogP contribution in [0.1, 0.15) is 0 Å². The van der Waals surface area contributed by atoms with E-state index < -0.39 is 39.9 Å². The standard InChI is InChI=1S/C8H2F4N2O/c9-3-4(10)6(12)8-7(5(3)11)13-1-2(15)14-8/h1H,(H,14,15). The molecule has 15 heavy (non-hydrogen) atoms. The van der Waals surface area contributed by atoms with E-state index in [0.29, 0.717) is 6.20 Å². The van der Waals surface area contributed by atoms with Gasteiger partial charge in [0.25, 0.3) is 5.56 Å². The van der Waals surface area contributed by atoms with Crippen molar-refractivity contribution in [3.8, 4) is 0 Å². The molecule has 0 aliphatic heterocycles. The molecule has 0 bridgehead atoms. The lowest BCUT2D eigenvalue weighted by molar-refractivity contribution is 0.416.